The quantitative estimate of drug-likeness (QED) is 0.764. The van der Waals surface area contributed by atoms with Gasteiger partial charge in [0.2, 0.25) is 0 Å². The first-order valence-electron chi connectivity index (χ1n) is 6.43. The summed E-state index contributed by atoms with van der Waals surface area (Å²) in [4.78, 5) is 0. The summed E-state index contributed by atoms with van der Waals surface area (Å²) in [6, 6.07) is 3.57. The van der Waals surface area contributed by atoms with Crippen LogP contribution in [0.15, 0.2) is 18.2 Å². The lowest BCUT2D eigenvalue weighted by molar-refractivity contribution is 0.135. The summed E-state index contributed by atoms with van der Waals surface area (Å²) in [5.74, 6) is -1.86. The van der Waals surface area contributed by atoms with Crippen molar-refractivity contribution in [3.05, 3.63) is 35.4 Å². The van der Waals surface area contributed by atoms with E-state index in [1.54, 1.807) is 7.11 Å². The molecule has 0 fully saturated rings. The van der Waals surface area contributed by atoms with Crippen molar-refractivity contribution in [3.63, 3.8) is 0 Å². The van der Waals surface area contributed by atoms with Gasteiger partial charge in [-0.1, -0.05) is 19.4 Å². The number of halogens is 2. The van der Waals surface area contributed by atoms with Crippen LogP contribution in [0.5, 0.6) is 0 Å². The number of aliphatic hydroxyl groups is 1. The zero-order chi connectivity index (χ0) is 14.3. The van der Waals surface area contributed by atoms with Gasteiger partial charge in [0.05, 0.1) is 12.7 Å². The second kappa shape index (κ2) is 8.19. The zero-order valence-electron chi connectivity index (χ0n) is 11.3. The maximum Gasteiger partial charge on any atom is 0.159 e. The minimum atomic E-state index is -0.946. The molecule has 0 radical (unpaired) electrons. The maximum atomic E-state index is 13.1. The summed E-state index contributed by atoms with van der Waals surface area (Å²) in [7, 11) is 1.62. The highest BCUT2D eigenvalue weighted by Gasteiger charge is 2.13. The Hall–Kier alpha value is -1.04. The highest BCUT2D eigenvalue weighted by molar-refractivity contribution is 5.20. The molecule has 19 heavy (non-hydrogen) atoms. The van der Waals surface area contributed by atoms with Gasteiger partial charge in [-0.2, -0.15) is 0 Å². The van der Waals surface area contributed by atoms with Gasteiger partial charge in [-0.15, -0.1) is 0 Å². The van der Waals surface area contributed by atoms with Crippen LogP contribution in [0.4, 0.5) is 8.78 Å². The molecule has 0 aliphatic rings. The molecule has 0 heterocycles. The SMILES string of the molecule is CCCC(COC)NCC(O)c1ccc(F)c(F)c1. The summed E-state index contributed by atoms with van der Waals surface area (Å²) in [6.45, 7) is 2.90. The number of benzene rings is 1. The fourth-order valence-corrected chi connectivity index (χ4v) is 1.91. The highest BCUT2D eigenvalue weighted by Crippen LogP contribution is 2.16. The molecule has 2 unspecified atom stereocenters. The predicted molar refractivity (Wildman–Crippen MR) is 69.9 cm³/mol. The van der Waals surface area contributed by atoms with E-state index in [9.17, 15) is 13.9 Å². The fraction of sp³-hybridized carbons (Fsp3) is 0.571. The average molecular weight is 273 g/mol. The van der Waals surface area contributed by atoms with Crippen molar-refractivity contribution in [2.24, 2.45) is 0 Å². The molecule has 0 bridgehead atoms. The second-order valence-electron chi connectivity index (χ2n) is 4.54. The van der Waals surface area contributed by atoms with Crippen molar-refractivity contribution in [2.45, 2.75) is 31.9 Å². The molecule has 2 atom stereocenters. The molecule has 0 amide bonds. The molecule has 0 aliphatic heterocycles. The zero-order valence-corrected chi connectivity index (χ0v) is 11.3. The summed E-state index contributed by atoms with van der Waals surface area (Å²) in [5, 5.41) is 13.1. The Labute approximate surface area is 112 Å². The lowest BCUT2D eigenvalue weighted by Crippen LogP contribution is -2.36. The fourth-order valence-electron chi connectivity index (χ4n) is 1.91. The van der Waals surface area contributed by atoms with E-state index in [2.05, 4.69) is 12.2 Å². The van der Waals surface area contributed by atoms with Crippen molar-refractivity contribution >= 4 is 0 Å². The lowest BCUT2D eigenvalue weighted by atomic mass is 10.1. The van der Waals surface area contributed by atoms with Gasteiger partial charge in [-0.3, -0.25) is 0 Å². The number of ether oxygens (including phenoxy) is 1. The summed E-state index contributed by atoms with van der Waals surface area (Å²) >= 11 is 0. The topological polar surface area (TPSA) is 41.5 Å². The first-order valence-corrected chi connectivity index (χ1v) is 6.43. The van der Waals surface area contributed by atoms with Gasteiger partial charge >= 0.3 is 0 Å². The van der Waals surface area contributed by atoms with Crippen LogP contribution in [0.3, 0.4) is 0 Å². The molecule has 3 nitrogen and oxygen atoms in total. The Morgan fingerprint density at radius 2 is 2.05 bits per heavy atom. The van der Waals surface area contributed by atoms with Gasteiger partial charge in [0, 0.05) is 19.7 Å². The Morgan fingerprint density at radius 3 is 2.63 bits per heavy atom. The first-order chi connectivity index (χ1) is 9.08. The van der Waals surface area contributed by atoms with E-state index in [1.807, 2.05) is 0 Å². The second-order valence-corrected chi connectivity index (χ2v) is 4.54. The van der Waals surface area contributed by atoms with Crippen LogP contribution in [-0.4, -0.2) is 31.4 Å². The van der Waals surface area contributed by atoms with Gasteiger partial charge in [-0.05, 0) is 24.1 Å². The maximum absolute atomic E-state index is 13.1. The van der Waals surface area contributed by atoms with Gasteiger partial charge in [-0.25, -0.2) is 8.78 Å². The van der Waals surface area contributed by atoms with Crippen LogP contribution in [0.25, 0.3) is 0 Å². The van der Waals surface area contributed by atoms with Crippen LogP contribution in [0, 0.1) is 11.6 Å². The smallest absolute Gasteiger partial charge is 0.159 e. The lowest BCUT2D eigenvalue weighted by Gasteiger charge is -2.20. The largest absolute Gasteiger partial charge is 0.387 e. The normalized spacial score (nSPS) is 14.4. The van der Waals surface area contributed by atoms with Crippen LogP contribution >= 0.6 is 0 Å². The molecule has 1 aromatic carbocycles. The van der Waals surface area contributed by atoms with Gasteiger partial charge in [0.1, 0.15) is 0 Å². The van der Waals surface area contributed by atoms with E-state index in [0.717, 1.165) is 25.0 Å². The molecule has 0 spiro atoms. The molecular formula is C14H21F2NO2. The molecule has 108 valence electrons. The number of nitrogens with one attached hydrogen (secondary N) is 1. The van der Waals surface area contributed by atoms with Crippen LogP contribution in [0.2, 0.25) is 0 Å². The van der Waals surface area contributed by atoms with Crippen LogP contribution in [-0.2, 0) is 4.74 Å². The first kappa shape index (κ1) is 16.0. The van der Waals surface area contributed by atoms with E-state index in [0.29, 0.717) is 12.2 Å². The Morgan fingerprint density at radius 1 is 1.32 bits per heavy atom. The predicted octanol–water partition coefficient (Wildman–Crippen LogP) is 2.40. The van der Waals surface area contributed by atoms with Gasteiger partial charge < -0.3 is 15.2 Å². The number of methoxy groups -OCH3 is 1. The minimum Gasteiger partial charge on any atom is -0.387 e. The molecule has 1 rings (SSSR count). The highest BCUT2D eigenvalue weighted by atomic mass is 19.2. The minimum absolute atomic E-state index is 0.148. The third-order valence-electron chi connectivity index (χ3n) is 2.93. The molecular weight excluding hydrogens is 252 g/mol. The molecule has 5 heteroatoms. The Kier molecular flexibility index (Phi) is 6.91. The molecule has 0 saturated heterocycles. The van der Waals surface area contributed by atoms with Gasteiger partial charge in [0.15, 0.2) is 11.6 Å². The number of hydrogen-bond donors (Lipinski definition) is 2. The van der Waals surface area contributed by atoms with E-state index in [1.165, 1.54) is 6.07 Å². The van der Waals surface area contributed by atoms with E-state index in [4.69, 9.17) is 4.74 Å². The third kappa shape index (κ3) is 5.22. The van der Waals surface area contributed by atoms with Crippen molar-refractivity contribution in [1.82, 2.24) is 5.32 Å². The van der Waals surface area contributed by atoms with E-state index >= 15 is 0 Å². The van der Waals surface area contributed by atoms with Crippen LogP contribution in [0.1, 0.15) is 31.4 Å². The summed E-state index contributed by atoms with van der Waals surface area (Å²) in [6.07, 6.45) is 1.06. The average Bonchev–Trinajstić information content (AvgIpc) is 2.39. The number of rotatable bonds is 8. The Balaban J connectivity index is 2.53. The van der Waals surface area contributed by atoms with Crippen molar-refractivity contribution in [2.75, 3.05) is 20.3 Å². The summed E-state index contributed by atoms with van der Waals surface area (Å²) < 4.78 is 30.9. The standard InChI is InChI=1S/C14H21F2NO2/c1-3-4-11(9-19-2)17-8-14(18)10-5-6-12(15)13(16)7-10/h5-7,11,14,17-18H,3-4,8-9H2,1-2H3. The van der Waals surface area contributed by atoms with Crippen LogP contribution < -0.4 is 5.32 Å². The van der Waals surface area contributed by atoms with Crippen molar-refractivity contribution in [3.8, 4) is 0 Å². The van der Waals surface area contributed by atoms with Crippen molar-refractivity contribution < 1.29 is 18.6 Å². The molecule has 2 N–H and O–H groups in total. The van der Waals surface area contributed by atoms with Gasteiger partial charge in [0.25, 0.3) is 0 Å². The molecule has 0 saturated carbocycles. The molecule has 1 aromatic rings. The number of aliphatic hydroxyl groups excluding tert-OH is 1. The monoisotopic (exact) mass is 273 g/mol. The summed E-state index contributed by atoms with van der Waals surface area (Å²) in [5.41, 5.74) is 0.360. The molecule has 0 aromatic heterocycles. The van der Waals surface area contributed by atoms with E-state index < -0.39 is 17.7 Å². The Bertz CT molecular complexity index is 382. The number of hydrogen-bond acceptors (Lipinski definition) is 3. The third-order valence-corrected chi connectivity index (χ3v) is 2.93. The molecule has 0 aliphatic carbocycles. The van der Waals surface area contributed by atoms with E-state index in [-0.39, 0.29) is 12.6 Å². The van der Waals surface area contributed by atoms with Crippen molar-refractivity contribution in [1.29, 1.82) is 0 Å².